The molecule has 0 amide bonds. The van der Waals surface area contributed by atoms with Crippen LogP contribution < -0.4 is 5.32 Å². The molecule has 0 bridgehead atoms. The summed E-state index contributed by atoms with van der Waals surface area (Å²) in [5.41, 5.74) is 0. The van der Waals surface area contributed by atoms with Crippen molar-refractivity contribution >= 4 is 22.9 Å². The van der Waals surface area contributed by atoms with Gasteiger partial charge in [-0.1, -0.05) is 18.5 Å². The van der Waals surface area contributed by atoms with Crippen molar-refractivity contribution in [2.24, 2.45) is 0 Å². The first-order valence-electron chi connectivity index (χ1n) is 3.99. The minimum atomic E-state index is -4.30. The summed E-state index contributed by atoms with van der Waals surface area (Å²) in [5.74, 6) is 0. The summed E-state index contributed by atoms with van der Waals surface area (Å²) in [6, 6.07) is -0.183. The summed E-state index contributed by atoms with van der Waals surface area (Å²) in [5, 5.41) is 4.08. The lowest BCUT2D eigenvalue weighted by molar-refractivity contribution is -0.156. The van der Waals surface area contributed by atoms with Gasteiger partial charge < -0.3 is 5.32 Å². The number of halogens is 4. The molecule has 1 nitrogen and oxygen atoms in total. The molecule has 0 spiro atoms. The predicted octanol–water partition coefficient (Wildman–Crippen LogP) is 3.61. The van der Waals surface area contributed by atoms with Crippen molar-refractivity contribution in [1.29, 1.82) is 0 Å². The van der Waals surface area contributed by atoms with Crippen molar-refractivity contribution < 1.29 is 13.2 Å². The number of hydrogen-bond acceptors (Lipinski definition) is 2. The minimum Gasteiger partial charge on any atom is -0.302 e. The van der Waals surface area contributed by atoms with E-state index >= 15 is 0 Å². The molecule has 1 rings (SSSR count). The number of rotatable bonds is 3. The fourth-order valence-electron chi connectivity index (χ4n) is 1.07. The van der Waals surface area contributed by atoms with Crippen LogP contribution in [0.5, 0.6) is 0 Å². The summed E-state index contributed by atoms with van der Waals surface area (Å²) in [7, 11) is 0. The molecule has 80 valence electrons. The van der Waals surface area contributed by atoms with Gasteiger partial charge in [-0.05, 0) is 18.0 Å². The van der Waals surface area contributed by atoms with E-state index in [1.54, 1.807) is 12.3 Å². The van der Waals surface area contributed by atoms with Gasteiger partial charge in [-0.3, -0.25) is 0 Å². The topological polar surface area (TPSA) is 12.0 Å². The Morgan fingerprint density at radius 1 is 1.57 bits per heavy atom. The maximum absolute atomic E-state index is 12.5. The lowest BCUT2D eigenvalue weighted by Gasteiger charge is -2.20. The monoisotopic (exact) mass is 243 g/mol. The molecule has 0 aliphatic carbocycles. The SMILES string of the molecule is CCNC(c1sccc1Cl)C(F)(F)F. The second-order valence-corrected chi connectivity index (χ2v) is 4.02. The van der Waals surface area contributed by atoms with E-state index in [1.165, 1.54) is 6.07 Å². The minimum absolute atomic E-state index is 0.126. The molecule has 1 aromatic rings. The van der Waals surface area contributed by atoms with Crippen molar-refractivity contribution in [3.8, 4) is 0 Å². The Labute approximate surface area is 88.9 Å². The van der Waals surface area contributed by atoms with Gasteiger partial charge in [0, 0.05) is 4.88 Å². The Morgan fingerprint density at radius 3 is 2.57 bits per heavy atom. The maximum atomic E-state index is 12.5. The van der Waals surface area contributed by atoms with Crippen LogP contribution in [0, 0.1) is 0 Å². The quantitative estimate of drug-likeness (QED) is 0.855. The van der Waals surface area contributed by atoms with Crippen LogP contribution in [0.3, 0.4) is 0 Å². The Hall–Kier alpha value is -0.260. The molecular weight excluding hydrogens is 235 g/mol. The molecule has 1 aromatic heterocycles. The average molecular weight is 244 g/mol. The highest BCUT2D eigenvalue weighted by Crippen LogP contribution is 2.38. The van der Waals surface area contributed by atoms with Crippen molar-refractivity contribution in [1.82, 2.24) is 5.32 Å². The van der Waals surface area contributed by atoms with Crippen LogP contribution in [0.2, 0.25) is 5.02 Å². The summed E-state index contributed by atoms with van der Waals surface area (Å²) >= 11 is 6.66. The van der Waals surface area contributed by atoms with E-state index in [0.717, 1.165) is 11.3 Å². The smallest absolute Gasteiger partial charge is 0.302 e. The zero-order valence-corrected chi connectivity index (χ0v) is 8.93. The van der Waals surface area contributed by atoms with E-state index in [0.29, 0.717) is 0 Å². The fourth-order valence-corrected chi connectivity index (χ4v) is 2.34. The molecular formula is C8H9ClF3NS. The van der Waals surface area contributed by atoms with Crippen LogP contribution in [0.15, 0.2) is 11.4 Å². The van der Waals surface area contributed by atoms with Crippen LogP contribution in [-0.2, 0) is 0 Å². The molecule has 1 atom stereocenters. The molecule has 0 saturated carbocycles. The van der Waals surface area contributed by atoms with Crippen LogP contribution in [0.25, 0.3) is 0 Å². The molecule has 1 heterocycles. The molecule has 1 unspecified atom stereocenters. The van der Waals surface area contributed by atoms with Gasteiger partial charge in [0.1, 0.15) is 6.04 Å². The molecule has 6 heteroatoms. The third kappa shape index (κ3) is 2.62. The number of alkyl halides is 3. The van der Waals surface area contributed by atoms with Crippen molar-refractivity contribution in [3.63, 3.8) is 0 Å². The number of hydrogen-bond donors (Lipinski definition) is 1. The Morgan fingerprint density at radius 2 is 2.21 bits per heavy atom. The van der Waals surface area contributed by atoms with Gasteiger partial charge in [-0.25, -0.2) is 0 Å². The fraction of sp³-hybridized carbons (Fsp3) is 0.500. The van der Waals surface area contributed by atoms with Gasteiger partial charge in [-0.15, -0.1) is 11.3 Å². The molecule has 0 aliphatic rings. The van der Waals surface area contributed by atoms with E-state index in [2.05, 4.69) is 5.32 Å². The second kappa shape index (κ2) is 4.51. The zero-order chi connectivity index (χ0) is 10.8. The molecule has 0 fully saturated rings. The van der Waals surface area contributed by atoms with Crippen LogP contribution in [0.4, 0.5) is 13.2 Å². The number of nitrogens with one attached hydrogen (secondary N) is 1. The van der Waals surface area contributed by atoms with Gasteiger partial charge >= 0.3 is 6.18 Å². The largest absolute Gasteiger partial charge is 0.408 e. The van der Waals surface area contributed by atoms with Crippen molar-refractivity contribution in [2.75, 3.05) is 6.54 Å². The molecule has 14 heavy (non-hydrogen) atoms. The first-order valence-corrected chi connectivity index (χ1v) is 5.25. The van der Waals surface area contributed by atoms with Gasteiger partial charge in [0.15, 0.2) is 0 Å². The molecule has 1 N–H and O–H groups in total. The van der Waals surface area contributed by atoms with Crippen molar-refractivity contribution in [3.05, 3.63) is 21.3 Å². The van der Waals surface area contributed by atoms with E-state index in [-0.39, 0.29) is 16.4 Å². The van der Waals surface area contributed by atoms with Gasteiger partial charge in [0.25, 0.3) is 0 Å². The average Bonchev–Trinajstić information content (AvgIpc) is 2.45. The van der Waals surface area contributed by atoms with E-state index in [4.69, 9.17) is 11.6 Å². The summed E-state index contributed by atoms with van der Waals surface area (Å²) in [4.78, 5) is 0.126. The van der Waals surface area contributed by atoms with E-state index in [9.17, 15) is 13.2 Å². The molecule has 0 radical (unpaired) electrons. The first-order chi connectivity index (χ1) is 6.46. The Kier molecular flexibility index (Phi) is 3.80. The normalized spacial score (nSPS) is 14.4. The second-order valence-electron chi connectivity index (χ2n) is 2.67. The maximum Gasteiger partial charge on any atom is 0.408 e. The molecule has 0 saturated heterocycles. The lowest BCUT2D eigenvalue weighted by atomic mass is 10.2. The highest BCUT2D eigenvalue weighted by atomic mass is 35.5. The highest BCUT2D eigenvalue weighted by Gasteiger charge is 2.41. The lowest BCUT2D eigenvalue weighted by Crippen LogP contribution is -2.33. The summed E-state index contributed by atoms with van der Waals surface area (Å²) in [6.07, 6.45) is -4.30. The van der Waals surface area contributed by atoms with Gasteiger partial charge in [-0.2, -0.15) is 13.2 Å². The van der Waals surface area contributed by atoms with E-state index < -0.39 is 12.2 Å². The van der Waals surface area contributed by atoms with Crippen molar-refractivity contribution in [2.45, 2.75) is 19.1 Å². The zero-order valence-electron chi connectivity index (χ0n) is 7.36. The third-order valence-corrected chi connectivity index (χ3v) is 3.07. The molecule has 0 aliphatic heterocycles. The summed E-state index contributed by atoms with van der Waals surface area (Å²) in [6.45, 7) is 1.87. The Balaban J connectivity index is 2.95. The van der Waals surface area contributed by atoms with E-state index in [1.807, 2.05) is 0 Å². The van der Waals surface area contributed by atoms with Crippen LogP contribution in [0.1, 0.15) is 17.8 Å². The highest BCUT2D eigenvalue weighted by molar-refractivity contribution is 7.10. The Bertz CT molecular complexity index is 297. The summed E-state index contributed by atoms with van der Waals surface area (Å²) < 4.78 is 37.6. The first kappa shape index (κ1) is 11.8. The van der Waals surface area contributed by atoms with Gasteiger partial charge in [0.05, 0.1) is 5.02 Å². The van der Waals surface area contributed by atoms with Gasteiger partial charge in [0.2, 0.25) is 0 Å². The number of thiophene rings is 1. The van der Waals surface area contributed by atoms with Crippen LogP contribution >= 0.6 is 22.9 Å². The molecule has 0 aromatic carbocycles. The standard InChI is InChI=1S/C8H9ClF3NS/c1-2-13-7(8(10,11)12)6-5(9)3-4-14-6/h3-4,7,13H,2H2,1H3. The van der Waals surface area contributed by atoms with Crippen LogP contribution in [-0.4, -0.2) is 12.7 Å². The predicted molar refractivity (Wildman–Crippen MR) is 51.8 cm³/mol. The third-order valence-electron chi connectivity index (χ3n) is 1.64.